The number of anilines is 1. The van der Waals surface area contributed by atoms with E-state index in [0.717, 1.165) is 36.3 Å². The number of carbonyl (C=O) groups is 1. The second kappa shape index (κ2) is 5.47. The van der Waals surface area contributed by atoms with Gasteiger partial charge in [0.05, 0.1) is 0 Å². The maximum Gasteiger partial charge on any atom is 0.255 e. The highest BCUT2D eigenvalue weighted by molar-refractivity contribution is 6.05. The van der Waals surface area contributed by atoms with E-state index in [1.54, 1.807) is 0 Å². The standard InChI is InChI=1S/C17H18N2O/c1-12-5-2-3-8-16(12)19-17(20)15-7-4-6-13-11-18-10-9-14(13)15/h2-8,18H,9-11H2,1H3,(H,19,20). The Balaban J connectivity index is 1.90. The van der Waals surface area contributed by atoms with E-state index in [-0.39, 0.29) is 5.91 Å². The molecule has 1 amide bonds. The lowest BCUT2D eigenvalue weighted by atomic mass is 9.95. The maximum atomic E-state index is 12.5. The van der Waals surface area contributed by atoms with E-state index in [2.05, 4.69) is 16.7 Å². The van der Waals surface area contributed by atoms with E-state index in [0.29, 0.717) is 0 Å². The molecule has 0 saturated carbocycles. The number of benzene rings is 2. The first-order valence-electron chi connectivity index (χ1n) is 6.94. The lowest BCUT2D eigenvalue weighted by Gasteiger charge is -2.20. The van der Waals surface area contributed by atoms with Crippen molar-refractivity contribution in [1.82, 2.24) is 5.32 Å². The fraction of sp³-hybridized carbons (Fsp3) is 0.235. The molecule has 2 aromatic rings. The number of nitrogens with one attached hydrogen (secondary N) is 2. The summed E-state index contributed by atoms with van der Waals surface area (Å²) in [6.07, 6.45) is 0.909. The summed E-state index contributed by atoms with van der Waals surface area (Å²) in [5.74, 6) is -0.0157. The minimum Gasteiger partial charge on any atom is -0.322 e. The molecule has 2 N–H and O–H groups in total. The van der Waals surface area contributed by atoms with E-state index in [1.807, 2.05) is 43.3 Å². The fourth-order valence-electron chi connectivity index (χ4n) is 2.65. The monoisotopic (exact) mass is 266 g/mol. The first-order valence-corrected chi connectivity index (χ1v) is 6.94. The molecule has 0 radical (unpaired) electrons. The summed E-state index contributed by atoms with van der Waals surface area (Å²) in [6, 6.07) is 13.8. The molecule has 1 aliphatic heterocycles. The van der Waals surface area contributed by atoms with Crippen LogP contribution in [-0.4, -0.2) is 12.5 Å². The van der Waals surface area contributed by atoms with E-state index >= 15 is 0 Å². The molecule has 1 aliphatic rings. The van der Waals surface area contributed by atoms with Gasteiger partial charge in [-0.1, -0.05) is 30.3 Å². The Morgan fingerprint density at radius 1 is 1.15 bits per heavy atom. The summed E-state index contributed by atoms with van der Waals surface area (Å²) in [5.41, 5.74) is 5.16. The highest BCUT2D eigenvalue weighted by Gasteiger charge is 2.17. The normalized spacial score (nSPS) is 13.7. The summed E-state index contributed by atoms with van der Waals surface area (Å²) in [7, 11) is 0. The van der Waals surface area contributed by atoms with E-state index in [9.17, 15) is 4.79 Å². The third-order valence-corrected chi connectivity index (χ3v) is 3.78. The lowest BCUT2D eigenvalue weighted by Crippen LogP contribution is -2.26. The molecule has 0 aromatic heterocycles. The van der Waals surface area contributed by atoms with Crippen molar-refractivity contribution in [3.8, 4) is 0 Å². The number of para-hydroxylation sites is 1. The number of hydrogen-bond donors (Lipinski definition) is 2. The minimum atomic E-state index is -0.0157. The zero-order valence-electron chi connectivity index (χ0n) is 11.6. The lowest BCUT2D eigenvalue weighted by molar-refractivity contribution is 0.102. The number of carbonyl (C=O) groups excluding carboxylic acids is 1. The van der Waals surface area contributed by atoms with Gasteiger partial charge in [-0.05, 0) is 48.7 Å². The van der Waals surface area contributed by atoms with Crippen molar-refractivity contribution in [2.75, 3.05) is 11.9 Å². The maximum absolute atomic E-state index is 12.5. The molecule has 3 heteroatoms. The van der Waals surface area contributed by atoms with Gasteiger partial charge in [-0.3, -0.25) is 4.79 Å². The van der Waals surface area contributed by atoms with Crippen LogP contribution in [0, 0.1) is 6.92 Å². The van der Waals surface area contributed by atoms with Crippen LogP contribution in [0.1, 0.15) is 27.0 Å². The Kier molecular flexibility index (Phi) is 3.52. The van der Waals surface area contributed by atoms with Gasteiger partial charge in [0.2, 0.25) is 0 Å². The van der Waals surface area contributed by atoms with E-state index in [4.69, 9.17) is 0 Å². The van der Waals surface area contributed by atoms with Gasteiger partial charge in [-0.2, -0.15) is 0 Å². The summed E-state index contributed by atoms with van der Waals surface area (Å²) < 4.78 is 0. The molecule has 0 bridgehead atoms. The second-order valence-corrected chi connectivity index (χ2v) is 5.14. The van der Waals surface area contributed by atoms with Crippen LogP contribution in [0.3, 0.4) is 0 Å². The van der Waals surface area contributed by atoms with Crippen molar-refractivity contribution in [2.24, 2.45) is 0 Å². The highest BCUT2D eigenvalue weighted by Crippen LogP contribution is 2.21. The zero-order chi connectivity index (χ0) is 13.9. The molecule has 0 atom stereocenters. The number of amides is 1. The van der Waals surface area contributed by atoms with Crippen LogP contribution in [-0.2, 0) is 13.0 Å². The molecular formula is C17H18N2O. The van der Waals surface area contributed by atoms with Crippen LogP contribution in [0.5, 0.6) is 0 Å². The molecule has 2 aromatic carbocycles. The van der Waals surface area contributed by atoms with Crippen LogP contribution in [0.2, 0.25) is 0 Å². The van der Waals surface area contributed by atoms with Gasteiger partial charge in [0.25, 0.3) is 5.91 Å². The number of fused-ring (bicyclic) bond motifs is 1. The van der Waals surface area contributed by atoms with Crippen LogP contribution in [0.25, 0.3) is 0 Å². The van der Waals surface area contributed by atoms with Crippen molar-refractivity contribution in [3.05, 3.63) is 64.7 Å². The quantitative estimate of drug-likeness (QED) is 0.877. The number of hydrogen-bond acceptors (Lipinski definition) is 2. The Bertz CT molecular complexity index is 649. The second-order valence-electron chi connectivity index (χ2n) is 5.14. The molecule has 0 spiro atoms. The van der Waals surface area contributed by atoms with Gasteiger partial charge in [0.15, 0.2) is 0 Å². The molecule has 102 valence electrons. The Hall–Kier alpha value is -2.13. The molecule has 20 heavy (non-hydrogen) atoms. The van der Waals surface area contributed by atoms with Crippen molar-refractivity contribution < 1.29 is 4.79 Å². The van der Waals surface area contributed by atoms with Crippen molar-refractivity contribution in [3.63, 3.8) is 0 Å². The third kappa shape index (κ3) is 2.45. The molecule has 3 nitrogen and oxygen atoms in total. The zero-order valence-corrected chi connectivity index (χ0v) is 11.6. The average Bonchev–Trinajstić information content (AvgIpc) is 2.49. The largest absolute Gasteiger partial charge is 0.322 e. The van der Waals surface area contributed by atoms with Crippen LogP contribution in [0.15, 0.2) is 42.5 Å². The molecule has 3 rings (SSSR count). The smallest absolute Gasteiger partial charge is 0.255 e. The first-order chi connectivity index (χ1) is 9.75. The molecule has 0 saturated heterocycles. The third-order valence-electron chi connectivity index (χ3n) is 3.78. The Morgan fingerprint density at radius 3 is 2.85 bits per heavy atom. The molecule has 0 aliphatic carbocycles. The first kappa shape index (κ1) is 12.9. The fourth-order valence-corrected chi connectivity index (χ4v) is 2.65. The average molecular weight is 266 g/mol. The van der Waals surface area contributed by atoms with E-state index < -0.39 is 0 Å². The minimum absolute atomic E-state index is 0.0157. The molecule has 0 fully saturated rings. The van der Waals surface area contributed by atoms with Crippen molar-refractivity contribution in [1.29, 1.82) is 0 Å². The van der Waals surface area contributed by atoms with Crippen LogP contribution >= 0.6 is 0 Å². The molecule has 1 heterocycles. The van der Waals surface area contributed by atoms with Gasteiger partial charge in [0.1, 0.15) is 0 Å². The Morgan fingerprint density at radius 2 is 2.00 bits per heavy atom. The number of rotatable bonds is 2. The molecule has 0 unspecified atom stereocenters. The molecular weight excluding hydrogens is 248 g/mol. The van der Waals surface area contributed by atoms with Crippen LogP contribution in [0.4, 0.5) is 5.69 Å². The predicted octanol–water partition coefficient (Wildman–Crippen LogP) is 2.89. The van der Waals surface area contributed by atoms with Gasteiger partial charge in [-0.15, -0.1) is 0 Å². The van der Waals surface area contributed by atoms with Crippen molar-refractivity contribution >= 4 is 11.6 Å². The summed E-state index contributed by atoms with van der Waals surface area (Å²) >= 11 is 0. The topological polar surface area (TPSA) is 41.1 Å². The summed E-state index contributed by atoms with van der Waals surface area (Å²) in [6.45, 7) is 3.78. The van der Waals surface area contributed by atoms with Gasteiger partial charge < -0.3 is 10.6 Å². The van der Waals surface area contributed by atoms with Gasteiger partial charge >= 0.3 is 0 Å². The van der Waals surface area contributed by atoms with Crippen LogP contribution < -0.4 is 10.6 Å². The summed E-state index contributed by atoms with van der Waals surface area (Å²) in [5, 5.41) is 6.35. The summed E-state index contributed by atoms with van der Waals surface area (Å²) in [4.78, 5) is 12.5. The predicted molar refractivity (Wildman–Crippen MR) is 81.0 cm³/mol. The Labute approximate surface area is 119 Å². The van der Waals surface area contributed by atoms with Gasteiger partial charge in [0, 0.05) is 17.8 Å². The highest BCUT2D eigenvalue weighted by atomic mass is 16.1. The SMILES string of the molecule is Cc1ccccc1NC(=O)c1cccc2c1CCNC2. The number of aryl methyl sites for hydroxylation is 1. The van der Waals surface area contributed by atoms with Gasteiger partial charge in [-0.25, -0.2) is 0 Å². The van der Waals surface area contributed by atoms with Crippen molar-refractivity contribution in [2.45, 2.75) is 19.9 Å². The van der Waals surface area contributed by atoms with E-state index in [1.165, 1.54) is 11.1 Å².